The van der Waals surface area contributed by atoms with Crippen LogP contribution in [0.4, 0.5) is 5.69 Å². The van der Waals surface area contributed by atoms with Gasteiger partial charge in [-0.25, -0.2) is 9.97 Å². The molecule has 3 aromatic rings. The van der Waals surface area contributed by atoms with Gasteiger partial charge in [0.2, 0.25) is 5.82 Å². The van der Waals surface area contributed by atoms with Crippen LogP contribution >= 0.6 is 0 Å². The Bertz CT molecular complexity index is 791. The zero-order valence-electron chi connectivity index (χ0n) is 12.3. The Morgan fingerprint density at radius 1 is 1.09 bits per heavy atom. The van der Waals surface area contributed by atoms with Gasteiger partial charge in [-0.2, -0.15) is 5.10 Å². The largest absolute Gasteiger partial charge is 0.319 e. The van der Waals surface area contributed by atoms with Crippen LogP contribution in [0.2, 0.25) is 0 Å². The van der Waals surface area contributed by atoms with Crippen LogP contribution in [-0.2, 0) is 0 Å². The van der Waals surface area contributed by atoms with Crippen molar-refractivity contribution in [2.75, 3.05) is 5.32 Å². The van der Waals surface area contributed by atoms with Crippen LogP contribution in [-0.4, -0.2) is 26.1 Å². The molecule has 0 bridgehead atoms. The number of nitrogens with zero attached hydrogens (tertiary/aromatic N) is 3. The lowest BCUT2D eigenvalue weighted by atomic mass is 10.1. The van der Waals surface area contributed by atoms with Crippen LogP contribution < -0.4 is 5.32 Å². The lowest BCUT2D eigenvalue weighted by molar-refractivity contribution is 0.101. The number of anilines is 1. The predicted octanol–water partition coefficient (Wildman–Crippen LogP) is 2.74. The summed E-state index contributed by atoms with van der Waals surface area (Å²) < 4.78 is 0. The lowest BCUT2D eigenvalue weighted by Crippen LogP contribution is -2.16. The fourth-order valence-electron chi connectivity index (χ4n) is 2.20. The van der Waals surface area contributed by atoms with E-state index >= 15 is 0 Å². The normalized spacial score (nSPS) is 10.5. The van der Waals surface area contributed by atoms with Gasteiger partial charge in [0.1, 0.15) is 0 Å². The molecule has 22 heavy (non-hydrogen) atoms. The van der Waals surface area contributed by atoms with Crippen molar-refractivity contribution in [1.29, 1.82) is 0 Å². The summed E-state index contributed by atoms with van der Waals surface area (Å²) in [6, 6.07) is 11.2. The van der Waals surface area contributed by atoms with Crippen LogP contribution in [0, 0.1) is 13.8 Å². The quantitative estimate of drug-likeness (QED) is 0.777. The minimum atomic E-state index is -0.325. The topological polar surface area (TPSA) is 83.6 Å². The summed E-state index contributed by atoms with van der Waals surface area (Å²) in [5.41, 5.74) is 4.04. The van der Waals surface area contributed by atoms with E-state index in [-0.39, 0.29) is 11.7 Å². The highest BCUT2D eigenvalue weighted by Crippen LogP contribution is 2.20. The molecule has 2 heterocycles. The van der Waals surface area contributed by atoms with Gasteiger partial charge in [0.25, 0.3) is 5.91 Å². The smallest absolute Gasteiger partial charge is 0.293 e. The molecule has 0 atom stereocenters. The van der Waals surface area contributed by atoms with Crippen LogP contribution in [0.15, 0.2) is 42.6 Å². The highest BCUT2D eigenvalue weighted by atomic mass is 16.2. The molecule has 1 aromatic carbocycles. The number of nitrogens with one attached hydrogen (secondary N) is 2. The number of carbonyl (C=O) groups is 1. The second-order valence-electron chi connectivity index (χ2n) is 4.98. The van der Waals surface area contributed by atoms with E-state index in [1.807, 2.05) is 50.2 Å². The molecule has 0 spiro atoms. The summed E-state index contributed by atoms with van der Waals surface area (Å²) in [6.45, 7) is 3.68. The molecule has 2 aromatic heterocycles. The fourth-order valence-corrected chi connectivity index (χ4v) is 2.20. The first-order chi connectivity index (χ1) is 10.6. The van der Waals surface area contributed by atoms with Gasteiger partial charge in [0.05, 0.1) is 5.69 Å². The maximum atomic E-state index is 12.3. The number of benzene rings is 1. The molecule has 0 saturated heterocycles. The van der Waals surface area contributed by atoms with Gasteiger partial charge in [0.15, 0.2) is 0 Å². The highest BCUT2D eigenvalue weighted by molar-refractivity contribution is 6.01. The monoisotopic (exact) mass is 293 g/mol. The van der Waals surface area contributed by atoms with E-state index in [1.54, 1.807) is 6.20 Å². The Morgan fingerprint density at radius 3 is 2.55 bits per heavy atom. The number of carbonyl (C=O) groups excluding carboxylic acids is 1. The molecular weight excluding hydrogens is 278 g/mol. The average molecular weight is 293 g/mol. The van der Waals surface area contributed by atoms with Crippen molar-refractivity contribution in [3.05, 3.63) is 59.8 Å². The number of hydrogen-bond acceptors (Lipinski definition) is 4. The third-order valence-electron chi connectivity index (χ3n) is 3.12. The van der Waals surface area contributed by atoms with Gasteiger partial charge < -0.3 is 5.32 Å². The molecule has 0 aliphatic heterocycles. The van der Waals surface area contributed by atoms with Crippen molar-refractivity contribution in [1.82, 2.24) is 20.2 Å². The molecular formula is C16H15N5O. The minimum Gasteiger partial charge on any atom is -0.319 e. The molecule has 0 aliphatic rings. The van der Waals surface area contributed by atoms with Gasteiger partial charge >= 0.3 is 0 Å². The minimum absolute atomic E-state index is 0.171. The first-order valence-electron chi connectivity index (χ1n) is 6.85. The average Bonchev–Trinajstić information content (AvgIpc) is 3.00. The number of hydrogen-bond donors (Lipinski definition) is 2. The SMILES string of the molecule is Cc1cc(C)nc(C(=O)Nc2cccc(-c3ccn[nH]3)c2)n1. The number of aryl methyl sites for hydroxylation is 2. The van der Waals surface area contributed by atoms with Crippen molar-refractivity contribution in [3.8, 4) is 11.3 Å². The second kappa shape index (κ2) is 5.77. The Hall–Kier alpha value is -3.02. The van der Waals surface area contributed by atoms with Gasteiger partial charge in [0, 0.05) is 28.8 Å². The standard InChI is InChI=1S/C16H15N5O/c1-10-8-11(2)19-15(18-10)16(22)20-13-5-3-4-12(9-13)14-6-7-17-21-14/h3-9H,1-2H3,(H,17,21)(H,20,22). The van der Waals surface area contributed by atoms with Crippen molar-refractivity contribution < 1.29 is 4.79 Å². The van der Waals surface area contributed by atoms with E-state index in [1.165, 1.54) is 0 Å². The van der Waals surface area contributed by atoms with Crippen LogP contribution in [0.25, 0.3) is 11.3 Å². The second-order valence-corrected chi connectivity index (χ2v) is 4.98. The predicted molar refractivity (Wildman–Crippen MR) is 83.5 cm³/mol. The third kappa shape index (κ3) is 3.01. The van der Waals surface area contributed by atoms with E-state index in [2.05, 4.69) is 25.5 Å². The molecule has 0 saturated carbocycles. The van der Waals surface area contributed by atoms with E-state index in [4.69, 9.17) is 0 Å². The third-order valence-corrected chi connectivity index (χ3v) is 3.12. The molecule has 0 fully saturated rings. The van der Waals surface area contributed by atoms with Gasteiger partial charge in [-0.1, -0.05) is 12.1 Å². The molecule has 3 rings (SSSR count). The Labute approximate surface area is 127 Å². The van der Waals surface area contributed by atoms with E-state index in [0.717, 1.165) is 22.6 Å². The van der Waals surface area contributed by atoms with Crippen molar-refractivity contribution >= 4 is 11.6 Å². The Balaban J connectivity index is 1.84. The van der Waals surface area contributed by atoms with E-state index in [0.29, 0.717) is 5.69 Å². The molecule has 1 amide bonds. The molecule has 6 heteroatoms. The summed E-state index contributed by atoms with van der Waals surface area (Å²) in [5, 5.41) is 9.63. The number of H-pyrrole nitrogens is 1. The van der Waals surface area contributed by atoms with Crippen molar-refractivity contribution in [2.45, 2.75) is 13.8 Å². The first kappa shape index (κ1) is 13.9. The number of aromatic amines is 1. The summed E-state index contributed by atoms with van der Waals surface area (Å²) >= 11 is 0. The van der Waals surface area contributed by atoms with E-state index < -0.39 is 0 Å². The van der Waals surface area contributed by atoms with Crippen molar-refractivity contribution in [3.63, 3.8) is 0 Å². The first-order valence-corrected chi connectivity index (χ1v) is 6.85. The zero-order chi connectivity index (χ0) is 15.5. The number of amides is 1. The van der Waals surface area contributed by atoms with Crippen LogP contribution in [0.3, 0.4) is 0 Å². The molecule has 6 nitrogen and oxygen atoms in total. The van der Waals surface area contributed by atoms with Gasteiger partial charge in [-0.3, -0.25) is 9.89 Å². The maximum Gasteiger partial charge on any atom is 0.293 e. The molecule has 0 aliphatic carbocycles. The van der Waals surface area contributed by atoms with Gasteiger partial charge in [-0.15, -0.1) is 0 Å². The molecule has 0 radical (unpaired) electrons. The van der Waals surface area contributed by atoms with E-state index in [9.17, 15) is 4.79 Å². The lowest BCUT2D eigenvalue weighted by Gasteiger charge is -2.07. The van der Waals surface area contributed by atoms with Crippen LogP contribution in [0.5, 0.6) is 0 Å². The number of aromatic nitrogens is 4. The van der Waals surface area contributed by atoms with Gasteiger partial charge in [-0.05, 0) is 38.1 Å². The Morgan fingerprint density at radius 2 is 1.86 bits per heavy atom. The summed E-state index contributed by atoms with van der Waals surface area (Å²) in [4.78, 5) is 20.6. The summed E-state index contributed by atoms with van der Waals surface area (Å²) in [6.07, 6.45) is 1.68. The maximum absolute atomic E-state index is 12.3. The Kier molecular flexibility index (Phi) is 3.65. The summed E-state index contributed by atoms with van der Waals surface area (Å²) in [5.74, 6) is -0.155. The van der Waals surface area contributed by atoms with Crippen molar-refractivity contribution in [2.24, 2.45) is 0 Å². The number of rotatable bonds is 3. The molecule has 0 unspecified atom stereocenters. The molecule has 110 valence electrons. The fraction of sp³-hybridized carbons (Fsp3) is 0.125. The summed E-state index contributed by atoms with van der Waals surface area (Å²) in [7, 11) is 0. The molecule has 2 N–H and O–H groups in total. The highest BCUT2D eigenvalue weighted by Gasteiger charge is 2.11. The van der Waals surface area contributed by atoms with Crippen LogP contribution in [0.1, 0.15) is 22.0 Å². The zero-order valence-corrected chi connectivity index (χ0v) is 12.3.